The van der Waals surface area contributed by atoms with Crippen molar-refractivity contribution in [2.45, 2.75) is 25.9 Å². The van der Waals surface area contributed by atoms with Crippen molar-refractivity contribution in [2.24, 2.45) is 5.73 Å². The predicted octanol–water partition coefficient (Wildman–Crippen LogP) is 4.21. The molecule has 2 aromatic heterocycles. The van der Waals surface area contributed by atoms with Gasteiger partial charge in [0.05, 0.1) is 23.0 Å². The Hall–Kier alpha value is -1.36. The van der Waals surface area contributed by atoms with Gasteiger partial charge in [0.1, 0.15) is 0 Å². The molecule has 1 atom stereocenters. The number of thiophene rings is 1. The summed E-state index contributed by atoms with van der Waals surface area (Å²) in [6.07, 6.45) is 2.68. The van der Waals surface area contributed by atoms with Gasteiger partial charge in [0, 0.05) is 16.1 Å². The predicted molar refractivity (Wildman–Crippen MR) is 85.4 cm³/mol. The van der Waals surface area contributed by atoms with Gasteiger partial charge in [0.15, 0.2) is 0 Å². The number of rotatable bonds is 4. The van der Waals surface area contributed by atoms with Crippen LogP contribution in [0.3, 0.4) is 0 Å². The first-order valence-electron chi connectivity index (χ1n) is 6.66. The van der Waals surface area contributed by atoms with Crippen LogP contribution in [0, 0.1) is 0 Å². The van der Waals surface area contributed by atoms with Crippen LogP contribution >= 0.6 is 22.9 Å². The lowest BCUT2D eigenvalue weighted by Crippen LogP contribution is -2.17. The van der Waals surface area contributed by atoms with Crippen molar-refractivity contribution >= 4 is 33.0 Å². The van der Waals surface area contributed by atoms with E-state index in [4.69, 9.17) is 17.3 Å². The van der Waals surface area contributed by atoms with Crippen LogP contribution in [-0.4, -0.2) is 9.78 Å². The summed E-state index contributed by atoms with van der Waals surface area (Å²) in [7, 11) is 0. The molecule has 0 saturated heterocycles. The summed E-state index contributed by atoms with van der Waals surface area (Å²) in [4.78, 5) is 1.12. The topological polar surface area (TPSA) is 43.8 Å². The largest absolute Gasteiger partial charge is 0.318 e. The standard InChI is InChI=1S/C15H16ClN3S/c1-2-7-19-15(11(16)9-18-19)14(17)13-8-10-5-3-4-6-12(10)20-13/h3-6,8-9,14H,2,7,17H2,1H3. The molecule has 0 spiro atoms. The molecule has 0 amide bonds. The van der Waals surface area contributed by atoms with Gasteiger partial charge in [-0.2, -0.15) is 5.10 Å². The molecule has 0 fully saturated rings. The van der Waals surface area contributed by atoms with E-state index in [1.54, 1.807) is 17.5 Å². The van der Waals surface area contributed by atoms with Gasteiger partial charge < -0.3 is 5.73 Å². The molecule has 0 saturated carbocycles. The Morgan fingerprint density at radius 1 is 1.40 bits per heavy atom. The first-order valence-corrected chi connectivity index (χ1v) is 7.85. The molecule has 5 heteroatoms. The molecule has 3 nitrogen and oxygen atoms in total. The van der Waals surface area contributed by atoms with E-state index in [0.717, 1.165) is 23.5 Å². The van der Waals surface area contributed by atoms with E-state index in [1.807, 2.05) is 16.8 Å². The van der Waals surface area contributed by atoms with E-state index in [0.29, 0.717) is 5.02 Å². The molecule has 1 aromatic carbocycles. The van der Waals surface area contributed by atoms with Gasteiger partial charge in [-0.15, -0.1) is 11.3 Å². The summed E-state index contributed by atoms with van der Waals surface area (Å²) in [5, 5.41) is 6.18. The number of hydrogen-bond donors (Lipinski definition) is 1. The minimum atomic E-state index is -0.228. The zero-order valence-corrected chi connectivity index (χ0v) is 12.8. The SMILES string of the molecule is CCCn1ncc(Cl)c1C(N)c1cc2ccccc2s1. The highest BCUT2D eigenvalue weighted by molar-refractivity contribution is 7.19. The van der Waals surface area contributed by atoms with Crippen LogP contribution in [0.1, 0.15) is 30.0 Å². The maximum absolute atomic E-state index is 6.42. The molecule has 104 valence electrons. The average molecular weight is 306 g/mol. The van der Waals surface area contributed by atoms with Crippen LogP contribution in [0.4, 0.5) is 0 Å². The molecule has 0 radical (unpaired) electrons. The number of halogens is 1. The molecule has 3 rings (SSSR count). The van der Waals surface area contributed by atoms with Crippen LogP contribution in [-0.2, 0) is 6.54 Å². The molecule has 2 heterocycles. The van der Waals surface area contributed by atoms with E-state index in [2.05, 4.69) is 30.2 Å². The minimum absolute atomic E-state index is 0.228. The van der Waals surface area contributed by atoms with Gasteiger partial charge in [-0.25, -0.2) is 0 Å². The summed E-state index contributed by atoms with van der Waals surface area (Å²) in [6.45, 7) is 2.95. The first-order chi connectivity index (χ1) is 9.70. The molecule has 20 heavy (non-hydrogen) atoms. The second-order valence-electron chi connectivity index (χ2n) is 4.77. The van der Waals surface area contributed by atoms with Crippen molar-refractivity contribution in [1.29, 1.82) is 0 Å². The maximum Gasteiger partial charge on any atom is 0.0837 e. The van der Waals surface area contributed by atoms with Crippen LogP contribution in [0.5, 0.6) is 0 Å². The molecule has 3 aromatic rings. The zero-order valence-electron chi connectivity index (χ0n) is 11.2. The summed E-state index contributed by atoms with van der Waals surface area (Å²) in [5.74, 6) is 0. The number of fused-ring (bicyclic) bond motifs is 1. The highest BCUT2D eigenvalue weighted by atomic mass is 35.5. The van der Waals surface area contributed by atoms with Gasteiger partial charge in [0.25, 0.3) is 0 Å². The first kappa shape index (κ1) is 13.6. The van der Waals surface area contributed by atoms with E-state index in [-0.39, 0.29) is 6.04 Å². The molecule has 0 aliphatic heterocycles. The van der Waals surface area contributed by atoms with Gasteiger partial charge in [0.2, 0.25) is 0 Å². The maximum atomic E-state index is 6.42. The third kappa shape index (κ3) is 2.35. The minimum Gasteiger partial charge on any atom is -0.318 e. The summed E-state index contributed by atoms with van der Waals surface area (Å²) < 4.78 is 3.16. The molecule has 1 unspecified atom stereocenters. The Kier molecular flexibility index (Phi) is 3.78. The number of nitrogens with zero attached hydrogens (tertiary/aromatic N) is 2. The van der Waals surface area contributed by atoms with Gasteiger partial charge in [-0.1, -0.05) is 36.7 Å². The lowest BCUT2D eigenvalue weighted by atomic mass is 10.1. The lowest BCUT2D eigenvalue weighted by molar-refractivity contribution is 0.561. The van der Waals surface area contributed by atoms with E-state index in [9.17, 15) is 0 Å². The fourth-order valence-corrected chi connectivity index (χ4v) is 3.69. The summed E-state index contributed by atoms with van der Waals surface area (Å²) >= 11 is 7.98. The fraction of sp³-hybridized carbons (Fsp3) is 0.267. The number of hydrogen-bond acceptors (Lipinski definition) is 3. The van der Waals surface area contributed by atoms with Crippen molar-refractivity contribution < 1.29 is 0 Å². The Morgan fingerprint density at radius 2 is 2.20 bits per heavy atom. The normalized spacial score (nSPS) is 12.9. The molecule has 2 N–H and O–H groups in total. The second kappa shape index (κ2) is 5.56. The Morgan fingerprint density at radius 3 is 2.95 bits per heavy atom. The number of aryl methyl sites for hydroxylation is 1. The highest BCUT2D eigenvalue weighted by Crippen LogP contribution is 2.34. The third-order valence-electron chi connectivity index (χ3n) is 3.31. The lowest BCUT2D eigenvalue weighted by Gasteiger charge is -2.13. The van der Waals surface area contributed by atoms with E-state index < -0.39 is 0 Å². The molecule has 0 aliphatic carbocycles. The number of nitrogens with two attached hydrogens (primary N) is 1. The zero-order chi connectivity index (χ0) is 14.1. The van der Waals surface area contributed by atoms with Crippen LogP contribution in [0.2, 0.25) is 5.02 Å². The number of aromatic nitrogens is 2. The molecular formula is C15H16ClN3S. The van der Waals surface area contributed by atoms with Gasteiger partial charge in [-0.3, -0.25) is 4.68 Å². The Bertz CT molecular complexity index is 699. The summed E-state index contributed by atoms with van der Waals surface area (Å²) in [6, 6.07) is 10.2. The van der Waals surface area contributed by atoms with Crippen LogP contribution in [0.25, 0.3) is 10.1 Å². The fourth-order valence-electron chi connectivity index (χ4n) is 2.36. The van der Waals surface area contributed by atoms with Crippen molar-refractivity contribution in [2.75, 3.05) is 0 Å². The quantitative estimate of drug-likeness (QED) is 0.784. The third-order valence-corrected chi connectivity index (χ3v) is 4.80. The highest BCUT2D eigenvalue weighted by Gasteiger charge is 2.20. The van der Waals surface area contributed by atoms with Gasteiger partial charge in [-0.05, 0) is 23.9 Å². The Balaban J connectivity index is 2.03. The average Bonchev–Trinajstić information content (AvgIpc) is 3.02. The van der Waals surface area contributed by atoms with Gasteiger partial charge >= 0.3 is 0 Å². The smallest absolute Gasteiger partial charge is 0.0837 e. The second-order valence-corrected chi connectivity index (χ2v) is 6.29. The van der Waals surface area contributed by atoms with E-state index >= 15 is 0 Å². The molecular weight excluding hydrogens is 290 g/mol. The number of benzene rings is 1. The van der Waals surface area contributed by atoms with Crippen LogP contribution in [0.15, 0.2) is 36.5 Å². The van der Waals surface area contributed by atoms with Crippen LogP contribution < -0.4 is 5.73 Å². The van der Waals surface area contributed by atoms with Crippen molar-refractivity contribution in [3.63, 3.8) is 0 Å². The van der Waals surface area contributed by atoms with Crippen molar-refractivity contribution in [1.82, 2.24) is 9.78 Å². The Labute approximate surface area is 127 Å². The molecule has 0 aliphatic rings. The van der Waals surface area contributed by atoms with Crippen molar-refractivity contribution in [3.05, 3.63) is 52.1 Å². The summed E-state index contributed by atoms with van der Waals surface area (Å²) in [5.41, 5.74) is 7.32. The van der Waals surface area contributed by atoms with E-state index in [1.165, 1.54) is 10.1 Å². The molecule has 0 bridgehead atoms. The monoisotopic (exact) mass is 305 g/mol. The van der Waals surface area contributed by atoms with Crippen molar-refractivity contribution in [3.8, 4) is 0 Å².